The molecule has 0 atom stereocenters. The van der Waals surface area contributed by atoms with Crippen molar-refractivity contribution in [3.8, 4) is 11.8 Å². The zero-order chi connectivity index (χ0) is 15.5. The predicted octanol–water partition coefficient (Wildman–Crippen LogP) is 3.63. The molecule has 0 saturated heterocycles. The van der Waals surface area contributed by atoms with E-state index in [1.54, 1.807) is 30.3 Å². The molecule has 0 aliphatic rings. The molecule has 0 amide bonds. The fraction of sp³-hybridized carbons (Fsp3) is 0.0556. The molecule has 3 aromatic rings. The summed E-state index contributed by atoms with van der Waals surface area (Å²) in [6.07, 6.45) is 0. The topological polar surface area (TPSA) is 63.0 Å². The van der Waals surface area contributed by atoms with E-state index in [-0.39, 0.29) is 0 Å². The van der Waals surface area contributed by atoms with Gasteiger partial charge in [0.25, 0.3) is 0 Å². The van der Waals surface area contributed by atoms with Crippen LogP contribution in [-0.2, 0) is 0 Å². The molecule has 0 fully saturated rings. The number of carbonyl (C=O) groups excluding carboxylic acids is 1. The summed E-state index contributed by atoms with van der Waals surface area (Å²) in [5.41, 5.74) is 2.51. The van der Waals surface area contributed by atoms with Gasteiger partial charge < -0.3 is 4.74 Å². The highest BCUT2D eigenvalue weighted by molar-refractivity contribution is 6.04. The number of aromatic nitrogens is 1. The van der Waals surface area contributed by atoms with Gasteiger partial charge in [-0.05, 0) is 43.3 Å². The minimum Gasteiger partial charge on any atom is -0.423 e. The second-order valence-corrected chi connectivity index (χ2v) is 4.85. The van der Waals surface area contributed by atoms with Crippen molar-refractivity contribution in [3.63, 3.8) is 0 Å². The van der Waals surface area contributed by atoms with Crippen LogP contribution in [0.15, 0.2) is 54.6 Å². The van der Waals surface area contributed by atoms with Crippen LogP contribution < -0.4 is 4.74 Å². The molecule has 1 aromatic heterocycles. The van der Waals surface area contributed by atoms with Crippen LogP contribution in [0.2, 0.25) is 0 Å². The number of carbonyl (C=O) groups is 1. The molecule has 0 radical (unpaired) electrons. The number of para-hydroxylation sites is 1. The molecule has 3 rings (SSSR count). The number of fused-ring (bicyclic) bond motifs is 1. The van der Waals surface area contributed by atoms with E-state index >= 15 is 0 Å². The lowest BCUT2D eigenvalue weighted by molar-refractivity contribution is 0.0736. The maximum absolute atomic E-state index is 12.4. The van der Waals surface area contributed by atoms with Gasteiger partial charge in [0.15, 0.2) is 0 Å². The van der Waals surface area contributed by atoms with Gasteiger partial charge in [0.2, 0.25) is 0 Å². The number of nitrogens with zero attached hydrogens (tertiary/aromatic N) is 2. The van der Waals surface area contributed by atoms with Crippen LogP contribution in [0.25, 0.3) is 10.9 Å². The van der Waals surface area contributed by atoms with E-state index in [0.717, 1.165) is 16.6 Å². The first-order chi connectivity index (χ1) is 10.7. The van der Waals surface area contributed by atoms with E-state index in [2.05, 4.69) is 4.98 Å². The maximum Gasteiger partial charge on any atom is 0.344 e. The van der Waals surface area contributed by atoms with Crippen molar-refractivity contribution < 1.29 is 9.53 Å². The summed E-state index contributed by atoms with van der Waals surface area (Å²) in [4.78, 5) is 16.8. The Balaban J connectivity index is 1.96. The van der Waals surface area contributed by atoms with E-state index < -0.39 is 5.97 Å². The number of hydrogen-bond acceptors (Lipinski definition) is 4. The van der Waals surface area contributed by atoms with Gasteiger partial charge in [-0.25, -0.2) is 4.79 Å². The summed E-state index contributed by atoms with van der Waals surface area (Å²) >= 11 is 0. The first kappa shape index (κ1) is 13.8. The standard InChI is InChI=1S/C18H12N2O2/c1-12-10-16(15-4-2-3-5-17(15)20-12)18(21)22-14-8-6-13(11-19)7-9-14/h2-10H,1H3. The highest BCUT2D eigenvalue weighted by Gasteiger charge is 2.14. The first-order valence-electron chi connectivity index (χ1n) is 6.76. The number of rotatable bonds is 2. The Morgan fingerprint density at radius 3 is 2.59 bits per heavy atom. The fourth-order valence-electron chi connectivity index (χ4n) is 2.24. The van der Waals surface area contributed by atoms with Gasteiger partial charge in [0, 0.05) is 11.1 Å². The SMILES string of the molecule is Cc1cc(C(=O)Oc2ccc(C#N)cc2)c2ccccc2n1. The quantitative estimate of drug-likeness (QED) is 0.533. The molecule has 0 aliphatic heterocycles. The Morgan fingerprint density at radius 1 is 1.14 bits per heavy atom. The lowest BCUT2D eigenvalue weighted by Gasteiger charge is -2.08. The summed E-state index contributed by atoms with van der Waals surface area (Å²) in [6.45, 7) is 1.84. The van der Waals surface area contributed by atoms with Crippen LogP contribution in [0.4, 0.5) is 0 Å². The second-order valence-electron chi connectivity index (χ2n) is 4.85. The third-order valence-electron chi connectivity index (χ3n) is 3.26. The zero-order valence-electron chi connectivity index (χ0n) is 11.9. The molecule has 106 valence electrons. The Kier molecular flexibility index (Phi) is 3.55. The van der Waals surface area contributed by atoms with E-state index in [4.69, 9.17) is 10.00 Å². The second kappa shape index (κ2) is 5.66. The summed E-state index contributed by atoms with van der Waals surface area (Å²) < 4.78 is 5.39. The number of esters is 1. The van der Waals surface area contributed by atoms with Gasteiger partial charge >= 0.3 is 5.97 Å². The fourth-order valence-corrected chi connectivity index (χ4v) is 2.24. The molecule has 4 heteroatoms. The first-order valence-corrected chi connectivity index (χ1v) is 6.76. The Morgan fingerprint density at radius 2 is 1.86 bits per heavy atom. The van der Waals surface area contributed by atoms with Gasteiger partial charge in [0.05, 0.1) is 22.7 Å². The molecule has 0 unspecified atom stereocenters. The van der Waals surface area contributed by atoms with E-state index in [1.807, 2.05) is 37.3 Å². The average Bonchev–Trinajstić information content (AvgIpc) is 2.54. The largest absolute Gasteiger partial charge is 0.423 e. The predicted molar refractivity (Wildman–Crippen MR) is 82.6 cm³/mol. The lowest BCUT2D eigenvalue weighted by atomic mass is 10.1. The third kappa shape index (κ3) is 2.65. The van der Waals surface area contributed by atoms with E-state index in [9.17, 15) is 4.79 Å². The number of aryl methyl sites for hydroxylation is 1. The molecule has 1 heterocycles. The zero-order valence-corrected chi connectivity index (χ0v) is 11.9. The normalized spacial score (nSPS) is 10.2. The van der Waals surface area contributed by atoms with Crippen molar-refractivity contribution in [1.29, 1.82) is 5.26 Å². The molecule has 0 spiro atoms. The minimum absolute atomic E-state index is 0.405. The van der Waals surface area contributed by atoms with Crippen LogP contribution in [-0.4, -0.2) is 11.0 Å². The third-order valence-corrected chi connectivity index (χ3v) is 3.26. The van der Waals surface area contributed by atoms with Crippen LogP contribution in [0, 0.1) is 18.3 Å². The Hall–Kier alpha value is -3.19. The van der Waals surface area contributed by atoms with Crippen LogP contribution >= 0.6 is 0 Å². The Labute approximate surface area is 127 Å². The van der Waals surface area contributed by atoms with Crippen LogP contribution in [0.3, 0.4) is 0 Å². The molecule has 0 bridgehead atoms. The van der Waals surface area contributed by atoms with Gasteiger partial charge in [-0.1, -0.05) is 18.2 Å². The van der Waals surface area contributed by atoms with Crippen molar-refractivity contribution in [1.82, 2.24) is 4.98 Å². The smallest absolute Gasteiger partial charge is 0.344 e. The number of pyridine rings is 1. The van der Waals surface area contributed by atoms with Crippen molar-refractivity contribution in [2.75, 3.05) is 0 Å². The number of benzene rings is 2. The summed E-state index contributed by atoms with van der Waals surface area (Å²) in [6, 6.07) is 17.6. The molecule has 0 saturated carbocycles. The number of nitriles is 1. The van der Waals surface area contributed by atoms with Crippen molar-refractivity contribution in [2.45, 2.75) is 6.92 Å². The average molecular weight is 288 g/mol. The summed E-state index contributed by atoms with van der Waals surface area (Å²) in [7, 11) is 0. The van der Waals surface area contributed by atoms with Gasteiger partial charge in [0.1, 0.15) is 5.75 Å². The van der Waals surface area contributed by atoms with Crippen LogP contribution in [0.1, 0.15) is 21.6 Å². The number of ether oxygens (including phenoxy) is 1. The number of hydrogen-bond donors (Lipinski definition) is 0. The maximum atomic E-state index is 12.4. The van der Waals surface area contributed by atoms with Gasteiger partial charge in [-0.3, -0.25) is 4.98 Å². The molecular formula is C18H12N2O2. The molecule has 22 heavy (non-hydrogen) atoms. The molecule has 4 nitrogen and oxygen atoms in total. The van der Waals surface area contributed by atoms with Gasteiger partial charge in [-0.15, -0.1) is 0 Å². The summed E-state index contributed by atoms with van der Waals surface area (Å²) in [5, 5.41) is 9.53. The monoisotopic (exact) mass is 288 g/mol. The van der Waals surface area contributed by atoms with E-state index in [1.165, 1.54) is 0 Å². The molecule has 2 aromatic carbocycles. The van der Waals surface area contributed by atoms with Crippen molar-refractivity contribution >= 4 is 16.9 Å². The van der Waals surface area contributed by atoms with Crippen LogP contribution in [0.5, 0.6) is 5.75 Å². The van der Waals surface area contributed by atoms with Crippen molar-refractivity contribution in [2.24, 2.45) is 0 Å². The highest BCUT2D eigenvalue weighted by atomic mass is 16.5. The highest BCUT2D eigenvalue weighted by Crippen LogP contribution is 2.21. The molecule has 0 N–H and O–H groups in total. The Bertz CT molecular complexity index is 893. The minimum atomic E-state index is -0.439. The van der Waals surface area contributed by atoms with E-state index in [0.29, 0.717) is 16.9 Å². The molecular weight excluding hydrogens is 276 g/mol. The van der Waals surface area contributed by atoms with Crippen molar-refractivity contribution in [3.05, 3.63) is 71.4 Å². The lowest BCUT2D eigenvalue weighted by Crippen LogP contribution is -2.10. The summed E-state index contributed by atoms with van der Waals surface area (Å²) in [5.74, 6) is -0.0334. The molecule has 0 aliphatic carbocycles. The van der Waals surface area contributed by atoms with Gasteiger partial charge in [-0.2, -0.15) is 5.26 Å².